The minimum atomic E-state index is -3.81. The normalized spacial score (nSPS) is 14.0. The van der Waals surface area contributed by atoms with Crippen molar-refractivity contribution in [2.24, 2.45) is 11.7 Å². The number of nitrogens with zero attached hydrogens (tertiary/aromatic N) is 1. The third kappa shape index (κ3) is 4.15. The second-order valence-corrected chi connectivity index (χ2v) is 7.52. The van der Waals surface area contributed by atoms with Crippen molar-refractivity contribution in [3.63, 3.8) is 0 Å². The molecule has 0 bridgehead atoms. The van der Waals surface area contributed by atoms with Crippen LogP contribution in [0.2, 0.25) is 5.02 Å². The zero-order valence-corrected chi connectivity index (χ0v) is 13.4. The summed E-state index contributed by atoms with van der Waals surface area (Å²) in [7, 11) is -2.37. The minimum absolute atomic E-state index is 0.00593. The molecule has 20 heavy (non-hydrogen) atoms. The van der Waals surface area contributed by atoms with Crippen LogP contribution in [-0.2, 0) is 10.0 Å². The van der Waals surface area contributed by atoms with Crippen LogP contribution in [0, 0.1) is 11.7 Å². The average Bonchev–Trinajstić information content (AvgIpc) is 2.37. The van der Waals surface area contributed by atoms with Crippen LogP contribution < -0.4 is 5.73 Å². The Balaban J connectivity index is 2.90. The molecule has 114 valence electrons. The van der Waals surface area contributed by atoms with Gasteiger partial charge in [0.05, 0.1) is 5.02 Å². The van der Waals surface area contributed by atoms with E-state index in [2.05, 4.69) is 0 Å². The van der Waals surface area contributed by atoms with Gasteiger partial charge in [-0.15, -0.1) is 0 Å². The molecule has 1 atom stereocenters. The van der Waals surface area contributed by atoms with E-state index in [9.17, 15) is 12.8 Å². The number of rotatable bonds is 6. The van der Waals surface area contributed by atoms with Crippen LogP contribution in [0.1, 0.15) is 20.3 Å². The van der Waals surface area contributed by atoms with E-state index in [1.165, 1.54) is 13.1 Å². The number of hydrogen-bond donors (Lipinski definition) is 1. The van der Waals surface area contributed by atoms with Crippen LogP contribution in [0.25, 0.3) is 0 Å². The predicted octanol–water partition coefficient (Wildman–Crippen LogP) is 2.47. The topological polar surface area (TPSA) is 63.4 Å². The molecule has 0 saturated carbocycles. The van der Waals surface area contributed by atoms with Crippen LogP contribution in [0.15, 0.2) is 23.1 Å². The van der Waals surface area contributed by atoms with Gasteiger partial charge in [-0.05, 0) is 30.5 Å². The molecule has 0 fully saturated rings. The smallest absolute Gasteiger partial charge is 0.244 e. The van der Waals surface area contributed by atoms with Gasteiger partial charge < -0.3 is 5.73 Å². The lowest BCUT2D eigenvalue weighted by atomic mass is 10.0. The lowest BCUT2D eigenvalue weighted by Gasteiger charge is -2.21. The van der Waals surface area contributed by atoms with Crippen LogP contribution in [-0.4, -0.2) is 32.4 Å². The molecule has 0 aliphatic rings. The lowest BCUT2D eigenvalue weighted by Crippen LogP contribution is -2.34. The fraction of sp³-hybridized carbons (Fsp3) is 0.538. The molecule has 1 aromatic rings. The molecule has 0 aromatic heterocycles. The SMILES string of the molecule is CC(C)C(N)CCN(C)S(=O)(=O)c1cc(F)ccc1Cl. The summed E-state index contributed by atoms with van der Waals surface area (Å²) in [5.74, 6) is -0.371. The van der Waals surface area contributed by atoms with Gasteiger partial charge in [0.15, 0.2) is 0 Å². The van der Waals surface area contributed by atoms with Crippen LogP contribution >= 0.6 is 11.6 Å². The maximum absolute atomic E-state index is 13.2. The zero-order chi connectivity index (χ0) is 15.5. The Morgan fingerprint density at radius 1 is 1.40 bits per heavy atom. The molecule has 0 radical (unpaired) electrons. The number of hydrogen-bond acceptors (Lipinski definition) is 3. The van der Waals surface area contributed by atoms with E-state index >= 15 is 0 Å². The minimum Gasteiger partial charge on any atom is -0.327 e. The van der Waals surface area contributed by atoms with Crippen molar-refractivity contribution in [3.8, 4) is 0 Å². The van der Waals surface area contributed by atoms with Gasteiger partial charge in [-0.25, -0.2) is 17.1 Å². The lowest BCUT2D eigenvalue weighted by molar-refractivity contribution is 0.397. The summed E-state index contributed by atoms with van der Waals surface area (Å²) in [5, 5.41) is 0.00593. The maximum atomic E-state index is 13.2. The number of benzene rings is 1. The Morgan fingerprint density at radius 2 is 2.00 bits per heavy atom. The standard InChI is InChI=1S/C13H20ClFN2O2S/c1-9(2)12(16)6-7-17(3)20(18,19)13-8-10(15)4-5-11(13)14/h4-5,8-9,12H,6-7,16H2,1-3H3. The Morgan fingerprint density at radius 3 is 2.55 bits per heavy atom. The average molecular weight is 323 g/mol. The summed E-state index contributed by atoms with van der Waals surface area (Å²) >= 11 is 5.84. The van der Waals surface area contributed by atoms with Gasteiger partial charge in [-0.1, -0.05) is 25.4 Å². The van der Waals surface area contributed by atoms with Gasteiger partial charge in [0.1, 0.15) is 10.7 Å². The summed E-state index contributed by atoms with van der Waals surface area (Å²) in [4.78, 5) is -0.222. The molecular formula is C13H20ClFN2O2S. The molecular weight excluding hydrogens is 303 g/mol. The number of nitrogens with two attached hydrogens (primary N) is 1. The third-order valence-electron chi connectivity index (χ3n) is 3.22. The highest BCUT2D eigenvalue weighted by Crippen LogP contribution is 2.25. The van der Waals surface area contributed by atoms with Gasteiger partial charge in [0.2, 0.25) is 10.0 Å². The highest BCUT2D eigenvalue weighted by atomic mass is 35.5. The number of sulfonamides is 1. The van der Waals surface area contributed by atoms with Crippen LogP contribution in [0.5, 0.6) is 0 Å². The van der Waals surface area contributed by atoms with Crippen LogP contribution in [0.4, 0.5) is 4.39 Å². The van der Waals surface area contributed by atoms with Crippen molar-refractivity contribution in [2.75, 3.05) is 13.6 Å². The second-order valence-electron chi connectivity index (χ2n) is 5.10. The van der Waals surface area contributed by atoms with Crippen molar-refractivity contribution in [2.45, 2.75) is 31.2 Å². The molecule has 2 N–H and O–H groups in total. The van der Waals surface area contributed by atoms with E-state index < -0.39 is 15.8 Å². The highest BCUT2D eigenvalue weighted by Gasteiger charge is 2.24. The van der Waals surface area contributed by atoms with Gasteiger partial charge >= 0.3 is 0 Å². The Labute approximate surface area is 124 Å². The molecule has 0 amide bonds. The van der Waals surface area contributed by atoms with E-state index in [0.717, 1.165) is 16.4 Å². The van der Waals surface area contributed by atoms with E-state index in [-0.39, 0.29) is 28.4 Å². The molecule has 0 heterocycles. The summed E-state index contributed by atoms with van der Waals surface area (Å²) in [6.07, 6.45) is 0.528. The predicted molar refractivity (Wildman–Crippen MR) is 78.7 cm³/mol. The summed E-state index contributed by atoms with van der Waals surface area (Å²) in [5.41, 5.74) is 5.89. The number of halogens is 2. The molecule has 0 aliphatic heterocycles. The maximum Gasteiger partial charge on any atom is 0.244 e. The van der Waals surface area contributed by atoms with E-state index in [1.807, 2.05) is 13.8 Å². The molecule has 1 rings (SSSR count). The fourth-order valence-corrected chi connectivity index (χ4v) is 3.29. The van der Waals surface area contributed by atoms with Gasteiger partial charge in [0, 0.05) is 19.6 Å². The summed E-state index contributed by atoms with van der Waals surface area (Å²) in [6.45, 7) is 4.21. The first-order chi connectivity index (χ1) is 9.16. The van der Waals surface area contributed by atoms with E-state index in [4.69, 9.17) is 17.3 Å². The first-order valence-corrected chi connectivity index (χ1v) is 8.15. The van der Waals surface area contributed by atoms with Crippen molar-refractivity contribution >= 4 is 21.6 Å². The fourth-order valence-electron chi connectivity index (χ4n) is 1.63. The van der Waals surface area contributed by atoms with Gasteiger partial charge in [0.25, 0.3) is 0 Å². The van der Waals surface area contributed by atoms with Crippen molar-refractivity contribution in [1.29, 1.82) is 0 Å². The Kier molecular flexibility index (Phi) is 5.94. The highest BCUT2D eigenvalue weighted by molar-refractivity contribution is 7.89. The van der Waals surface area contributed by atoms with E-state index in [0.29, 0.717) is 6.42 Å². The molecule has 1 aromatic carbocycles. The van der Waals surface area contributed by atoms with Gasteiger partial charge in [-0.3, -0.25) is 0 Å². The Bertz CT molecular complexity index is 563. The first kappa shape index (κ1) is 17.4. The zero-order valence-electron chi connectivity index (χ0n) is 11.8. The molecule has 4 nitrogen and oxygen atoms in total. The summed E-state index contributed by atoms with van der Waals surface area (Å²) in [6, 6.07) is 3.19. The van der Waals surface area contributed by atoms with Gasteiger partial charge in [-0.2, -0.15) is 0 Å². The summed E-state index contributed by atoms with van der Waals surface area (Å²) < 4.78 is 39.0. The second kappa shape index (κ2) is 6.85. The molecule has 0 spiro atoms. The monoisotopic (exact) mass is 322 g/mol. The quantitative estimate of drug-likeness (QED) is 0.875. The van der Waals surface area contributed by atoms with Crippen molar-refractivity contribution in [1.82, 2.24) is 4.31 Å². The Hall–Kier alpha value is -0.690. The van der Waals surface area contributed by atoms with Crippen molar-refractivity contribution < 1.29 is 12.8 Å². The van der Waals surface area contributed by atoms with E-state index in [1.54, 1.807) is 0 Å². The molecule has 1 unspecified atom stereocenters. The first-order valence-electron chi connectivity index (χ1n) is 6.33. The van der Waals surface area contributed by atoms with Crippen LogP contribution in [0.3, 0.4) is 0 Å². The third-order valence-corrected chi connectivity index (χ3v) is 5.55. The molecule has 7 heteroatoms. The van der Waals surface area contributed by atoms with Crippen molar-refractivity contribution in [3.05, 3.63) is 29.0 Å². The molecule has 0 saturated heterocycles. The largest absolute Gasteiger partial charge is 0.327 e. The molecule has 0 aliphatic carbocycles.